The van der Waals surface area contributed by atoms with Gasteiger partial charge in [-0.05, 0) is 76.6 Å². The summed E-state index contributed by atoms with van der Waals surface area (Å²) in [5.74, 6) is 1.15. The van der Waals surface area contributed by atoms with Crippen LogP contribution in [0.4, 0.5) is 11.6 Å². The number of hydrogen-bond acceptors (Lipinski definition) is 12. The van der Waals surface area contributed by atoms with Crippen molar-refractivity contribution in [1.82, 2.24) is 49.3 Å². The van der Waals surface area contributed by atoms with Crippen molar-refractivity contribution in [2.24, 2.45) is 14.1 Å². The highest BCUT2D eigenvalue weighted by atomic mass is 127. The Bertz CT molecular complexity index is 2700. The highest BCUT2D eigenvalue weighted by molar-refractivity contribution is 14.1. The summed E-state index contributed by atoms with van der Waals surface area (Å²) in [6.45, 7) is 17.2. The first-order valence-corrected chi connectivity index (χ1v) is 22.5. The molecule has 7 rings (SSSR count). The quantitative estimate of drug-likeness (QED) is 0.152. The average molecular weight is 1050 g/mol. The van der Waals surface area contributed by atoms with Crippen LogP contribution in [0.1, 0.15) is 122 Å². The lowest BCUT2D eigenvalue weighted by Gasteiger charge is -2.24. The standard InChI is InChI=1S/C23H28BrIN6O2.C23H28N6O2/c1-13(33-17-10-14(25)11-28-21(17)26)15-8-7-9-27-19(15)22(32)30(5)12-16-18(24)20(23(2,3)4)29-31(16)6;1-13-15-8-7-9-25-19(15)22(30)28(5)12-16-18(20(23(2,3)4)27-29(16)6)14-10-17(31-13)21(24)26-11-14/h7-11,13H,12H2,1-6H3,(H2,26,28);7-11,13H,12H2,1-6H3,(H2,24,26). The van der Waals surface area contributed by atoms with Gasteiger partial charge in [0.05, 0.1) is 40.3 Å². The summed E-state index contributed by atoms with van der Waals surface area (Å²) in [7, 11) is 7.31. The zero-order chi connectivity index (χ0) is 47.0. The molecule has 16 nitrogen and oxygen atoms in total. The zero-order valence-corrected chi connectivity index (χ0v) is 42.1. The Kier molecular flexibility index (Phi) is 14.1. The third kappa shape index (κ3) is 10.2. The van der Waals surface area contributed by atoms with E-state index in [1.54, 1.807) is 60.8 Å². The van der Waals surface area contributed by atoms with E-state index < -0.39 is 12.2 Å². The van der Waals surface area contributed by atoms with Crippen molar-refractivity contribution in [3.8, 4) is 22.6 Å². The van der Waals surface area contributed by atoms with Crippen LogP contribution in [0.25, 0.3) is 11.1 Å². The third-order valence-electron chi connectivity index (χ3n) is 10.7. The van der Waals surface area contributed by atoms with Crippen molar-refractivity contribution in [3.05, 3.63) is 115 Å². The van der Waals surface area contributed by atoms with Crippen molar-refractivity contribution in [2.75, 3.05) is 25.6 Å². The smallest absolute Gasteiger partial charge is 0.272 e. The SMILES string of the molecule is CC(Oc1cc(I)cnc1N)c1cccnc1C(=O)N(C)Cc1c(Br)c(C(C)(C)C)nn1C.CC1Oc2cc(cnc2N)-c2c(C(C)(C)C)nn(C)c2CN(C)C(=O)c2ncccc21. The lowest BCUT2D eigenvalue weighted by Crippen LogP contribution is -2.30. The van der Waals surface area contributed by atoms with E-state index in [1.165, 1.54) is 0 Å². The van der Waals surface area contributed by atoms with Crippen LogP contribution < -0.4 is 20.9 Å². The number of hydrogen-bond donors (Lipinski definition) is 2. The molecule has 0 aromatic carbocycles. The van der Waals surface area contributed by atoms with Gasteiger partial charge in [0.1, 0.15) is 23.6 Å². The Hall–Kier alpha value is -5.63. The molecule has 0 fully saturated rings. The number of rotatable bonds is 6. The van der Waals surface area contributed by atoms with Crippen LogP contribution in [0.2, 0.25) is 0 Å². The van der Waals surface area contributed by atoms with Gasteiger partial charge in [0.25, 0.3) is 11.8 Å². The van der Waals surface area contributed by atoms with Crippen molar-refractivity contribution in [1.29, 1.82) is 0 Å². The van der Waals surface area contributed by atoms with Gasteiger partial charge in [0.15, 0.2) is 23.1 Å². The summed E-state index contributed by atoms with van der Waals surface area (Å²) in [4.78, 5) is 47.3. The van der Waals surface area contributed by atoms with Crippen LogP contribution in [0.15, 0.2) is 65.7 Å². The molecule has 1 aliphatic rings. The lowest BCUT2D eigenvalue weighted by atomic mass is 9.86. The number of carbonyl (C=O) groups excluding carboxylic acids is 2. The Morgan fingerprint density at radius 2 is 1.59 bits per heavy atom. The first-order chi connectivity index (χ1) is 30.0. The summed E-state index contributed by atoms with van der Waals surface area (Å²) in [6, 6.07) is 11.0. The number of pyridine rings is 4. The van der Waals surface area contributed by atoms with E-state index in [0.717, 1.165) is 41.9 Å². The van der Waals surface area contributed by atoms with E-state index in [9.17, 15) is 9.59 Å². The Balaban J connectivity index is 0.000000213. The number of halogens is 2. The van der Waals surface area contributed by atoms with E-state index >= 15 is 0 Å². The average Bonchev–Trinajstić information content (AvgIpc) is 3.73. The lowest BCUT2D eigenvalue weighted by molar-refractivity contribution is 0.0764. The Morgan fingerprint density at radius 3 is 2.27 bits per heavy atom. The maximum atomic E-state index is 13.4. The highest BCUT2D eigenvalue weighted by Gasteiger charge is 2.32. The zero-order valence-electron chi connectivity index (χ0n) is 38.4. The minimum Gasteiger partial charge on any atom is -0.482 e. The predicted octanol–water partition coefficient (Wildman–Crippen LogP) is 8.35. The van der Waals surface area contributed by atoms with Gasteiger partial charge in [-0.2, -0.15) is 10.2 Å². The highest BCUT2D eigenvalue weighted by Crippen LogP contribution is 2.39. The van der Waals surface area contributed by atoms with E-state index in [2.05, 4.69) is 105 Å². The number of fused-ring (bicyclic) bond motifs is 5. The van der Waals surface area contributed by atoms with Crippen LogP contribution in [0, 0.1) is 3.57 Å². The molecule has 1 aliphatic heterocycles. The van der Waals surface area contributed by atoms with Crippen LogP contribution in [-0.2, 0) is 38.0 Å². The third-order valence-corrected chi connectivity index (χ3v) is 12.2. The molecule has 0 spiro atoms. The molecule has 0 aliphatic carbocycles. The Labute approximate surface area is 396 Å². The molecular formula is C46H56BrIN12O4. The first kappa shape index (κ1) is 47.8. The largest absolute Gasteiger partial charge is 0.482 e. The van der Waals surface area contributed by atoms with Gasteiger partial charge in [0.2, 0.25) is 0 Å². The number of aromatic nitrogens is 8. The van der Waals surface area contributed by atoms with Gasteiger partial charge in [0, 0.05) is 89.6 Å². The molecule has 7 heterocycles. The summed E-state index contributed by atoms with van der Waals surface area (Å²) >= 11 is 5.83. The second-order valence-corrected chi connectivity index (χ2v) is 19.9. The monoisotopic (exact) mass is 1050 g/mol. The van der Waals surface area contributed by atoms with Gasteiger partial charge in [-0.1, -0.05) is 53.7 Å². The van der Waals surface area contributed by atoms with Crippen LogP contribution >= 0.6 is 38.5 Å². The molecule has 6 aromatic heterocycles. The molecule has 0 radical (unpaired) electrons. The number of aryl methyl sites for hydroxylation is 2. The molecular weight excluding hydrogens is 991 g/mol. The summed E-state index contributed by atoms with van der Waals surface area (Å²) < 4.78 is 17.7. The number of nitrogens with zero attached hydrogens (tertiary/aromatic N) is 10. The second-order valence-electron chi connectivity index (χ2n) is 17.9. The van der Waals surface area contributed by atoms with Crippen LogP contribution in [-0.4, -0.2) is 75.2 Å². The van der Waals surface area contributed by atoms with E-state index in [4.69, 9.17) is 26.0 Å². The van der Waals surface area contributed by atoms with Crippen LogP contribution in [0.3, 0.4) is 0 Å². The molecule has 4 N–H and O–H groups in total. The summed E-state index contributed by atoms with van der Waals surface area (Å²) in [5.41, 5.74) is 19.3. The van der Waals surface area contributed by atoms with Crippen molar-refractivity contribution >= 4 is 62.0 Å². The number of amides is 2. The van der Waals surface area contributed by atoms with Gasteiger partial charge >= 0.3 is 0 Å². The van der Waals surface area contributed by atoms with E-state index in [-0.39, 0.29) is 22.6 Å². The van der Waals surface area contributed by atoms with Crippen molar-refractivity contribution < 1.29 is 19.1 Å². The van der Waals surface area contributed by atoms with Crippen molar-refractivity contribution in [2.45, 2.75) is 91.5 Å². The van der Waals surface area contributed by atoms with Gasteiger partial charge in [-0.25, -0.2) is 9.97 Å². The van der Waals surface area contributed by atoms with Gasteiger partial charge in [-0.3, -0.25) is 28.9 Å². The molecule has 2 atom stereocenters. The van der Waals surface area contributed by atoms with Crippen molar-refractivity contribution in [3.63, 3.8) is 0 Å². The molecule has 2 amide bonds. The maximum Gasteiger partial charge on any atom is 0.272 e. The Morgan fingerprint density at radius 1 is 0.953 bits per heavy atom. The molecule has 0 saturated carbocycles. The fourth-order valence-corrected chi connectivity index (χ4v) is 8.75. The molecule has 2 bridgehead atoms. The second kappa shape index (κ2) is 18.8. The molecule has 64 heavy (non-hydrogen) atoms. The maximum absolute atomic E-state index is 13.4. The minimum absolute atomic E-state index is 0.121. The predicted molar refractivity (Wildman–Crippen MR) is 259 cm³/mol. The van der Waals surface area contributed by atoms with E-state index in [0.29, 0.717) is 58.7 Å². The van der Waals surface area contributed by atoms with Crippen LogP contribution in [0.5, 0.6) is 11.5 Å². The number of nitrogens with two attached hydrogens (primary N) is 2. The molecule has 2 unspecified atom stereocenters. The fourth-order valence-electron chi connectivity index (χ4n) is 7.28. The molecule has 6 aromatic rings. The molecule has 0 saturated heterocycles. The fraction of sp³-hybridized carbons (Fsp3) is 0.391. The first-order valence-electron chi connectivity index (χ1n) is 20.7. The van der Waals surface area contributed by atoms with E-state index in [1.807, 2.05) is 61.6 Å². The van der Waals surface area contributed by atoms with Gasteiger partial charge in [-0.15, -0.1) is 0 Å². The number of anilines is 2. The number of nitrogen functional groups attached to an aromatic ring is 2. The number of ether oxygens (including phenoxy) is 2. The number of carbonyl (C=O) groups is 2. The molecule has 18 heteroatoms. The minimum atomic E-state index is -0.454. The van der Waals surface area contributed by atoms with Gasteiger partial charge < -0.3 is 30.7 Å². The molecule has 338 valence electrons. The normalized spacial score (nSPS) is 14.5. The topological polar surface area (TPSA) is 198 Å². The summed E-state index contributed by atoms with van der Waals surface area (Å²) in [5, 5.41) is 9.46. The summed E-state index contributed by atoms with van der Waals surface area (Å²) in [6.07, 6.45) is 5.75.